The molecule has 0 saturated heterocycles. The molecule has 0 radical (unpaired) electrons. The van der Waals surface area contributed by atoms with Crippen molar-refractivity contribution >= 4 is 19.7 Å². The Hall–Kier alpha value is -1.51. The first-order valence-corrected chi connectivity index (χ1v) is 19.8. The first-order valence-electron chi connectivity index (χ1n) is 18.3. The van der Waals surface area contributed by atoms with Crippen LogP contribution in [0.4, 0.5) is 0 Å². The van der Waals surface area contributed by atoms with Crippen molar-refractivity contribution in [2.75, 3.05) is 26.4 Å². The topological polar surface area (TPSA) is 131 Å². The van der Waals surface area contributed by atoms with Gasteiger partial charge in [-0.1, -0.05) is 115 Å². The molecule has 270 valence electrons. The summed E-state index contributed by atoms with van der Waals surface area (Å²) >= 11 is 0. The maximum absolute atomic E-state index is 12.0. The van der Waals surface area contributed by atoms with E-state index in [0.29, 0.717) is 6.42 Å². The quantitative estimate of drug-likeness (QED) is 0.0267. The highest BCUT2D eigenvalue weighted by Crippen LogP contribution is 2.42. The summed E-state index contributed by atoms with van der Waals surface area (Å²) in [4.78, 5) is 33.6. The molecule has 0 aromatic rings. The van der Waals surface area contributed by atoms with E-state index in [1.54, 1.807) is 0 Å². The van der Waals surface area contributed by atoms with Crippen LogP contribution in [-0.4, -0.2) is 54.3 Å². The van der Waals surface area contributed by atoms with Crippen LogP contribution in [0, 0.1) is 0 Å². The van der Waals surface area contributed by atoms with Crippen molar-refractivity contribution in [1.29, 1.82) is 0 Å². The van der Waals surface area contributed by atoms with Gasteiger partial charge in [0.15, 0.2) is 0 Å². The molecule has 0 rings (SSSR count). The Morgan fingerprint density at radius 2 is 1.15 bits per heavy atom. The fourth-order valence-corrected chi connectivity index (χ4v) is 5.54. The lowest BCUT2D eigenvalue weighted by Crippen LogP contribution is -2.27. The fraction of sp³-hybridized carbons (Fsp3) is 0.833. The fourth-order valence-electron chi connectivity index (χ4n) is 4.79. The first kappa shape index (κ1) is 44.5. The summed E-state index contributed by atoms with van der Waals surface area (Å²) in [6.07, 6.45) is 32.5. The number of phosphoric acid groups is 1. The van der Waals surface area contributed by atoms with Gasteiger partial charge in [0.25, 0.3) is 0 Å². The van der Waals surface area contributed by atoms with Gasteiger partial charge in [-0.15, -0.1) is 0 Å². The highest BCUT2D eigenvalue weighted by molar-refractivity contribution is 7.47. The van der Waals surface area contributed by atoms with Crippen LogP contribution in [0.15, 0.2) is 24.3 Å². The van der Waals surface area contributed by atoms with Crippen LogP contribution in [0.3, 0.4) is 0 Å². The van der Waals surface area contributed by atoms with Crippen LogP contribution in [0.2, 0.25) is 0 Å². The van der Waals surface area contributed by atoms with Gasteiger partial charge >= 0.3 is 13.8 Å². The molecule has 0 aromatic carbocycles. The van der Waals surface area contributed by atoms with Crippen LogP contribution in [0.5, 0.6) is 0 Å². The zero-order valence-corrected chi connectivity index (χ0v) is 30.2. The number of allylic oxidation sites excluding steroid dienone is 4. The number of phosphoric ester groups is 1. The van der Waals surface area contributed by atoms with Gasteiger partial charge < -0.3 is 20.1 Å². The SMILES string of the molecule is CCC/C=C\CCCCCCCC(=O)OCC(O)COP(=O)(O)OCCNC(=O)CCCCCCC/C=C\CCCCCCCC. The molecule has 0 spiro atoms. The lowest BCUT2D eigenvalue weighted by Gasteiger charge is -2.15. The minimum absolute atomic E-state index is 0.0774. The van der Waals surface area contributed by atoms with E-state index in [2.05, 4.69) is 43.5 Å². The van der Waals surface area contributed by atoms with Crippen molar-refractivity contribution in [2.24, 2.45) is 0 Å². The molecule has 10 heteroatoms. The summed E-state index contributed by atoms with van der Waals surface area (Å²) in [5, 5.41) is 12.6. The second-order valence-corrected chi connectivity index (χ2v) is 13.6. The highest BCUT2D eigenvalue weighted by Gasteiger charge is 2.23. The second-order valence-electron chi connectivity index (χ2n) is 12.2. The number of rotatable bonds is 34. The van der Waals surface area contributed by atoms with E-state index in [4.69, 9.17) is 13.8 Å². The molecule has 46 heavy (non-hydrogen) atoms. The average molecular weight is 674 g/mol. The molecule has 0 fully saturated rings. The van der Waals surface area contributed by atoms with Gasteiger partial charge in [-0.05, 0) is 57.8 Å². The first-order chi connectivity index (χ1) is 22.3. The number of ether oxygens (including phenoxy) is 1. The Kier molecular flexibility index (Phi) is 32.3. The van der Waals surface area contributed by atoms with Crippen molar-refractivity contribution in [3.8, 4) is 0 Å². The summed E-state index contributed by atoms with van der Waals surface area (Å²) in [6.45, 7) is 3.44. The third-order valence-corrected chi connectivity index (χ3v) is 8.57. The molecule has 0 heterocycles. The van der Waals surface area contributed by atoms with Crippen molar-refractivity contribution in [2.45, 2.75) is 168 Å². The van der Waals surface area contributed by atoms with E-state index in [1.165, 1.54) is 57.8 Å². The smallest absolute Gasteiger partial charge is 0.463 e. The molecule has 0 aromatic heterocycles. The normalized spacial score (nSPS) is 13.7. The summed E-state index contributed by atoms with van der Waals surface area (Å²) in [6, 6.07) is 0. The van der Waals surface area contributed by atoms with Crippen molar-refractivity contribution in [3.05, 3.63) is 24.3 Å². The van der Waals surface area contributed by atoms with E-state index >= 15 is 0 Å². The van der Waals surface area contributed by atoms with E-state index in [9.17, 15) is 24.2 Å². The molecule has 3 N–H and O–H groups in total. The maximum atomic E-state index is 12.0. The van der Waals surface area contributed by atoms with Crippen LogP contribution in [-0.2, 0) is 27.9 Å². The van der Waals surface area contributed by atoms with Gasteiger partial charge in [0.2, 0.25) is 5.91 Å². The van der Waals surface area contributed by atoms with Gasteiger partial charge in [-0.2, -0.15) is 0 Å². The predicted molar refractivity (Wildman–Crippen MR) is 188 cm³/mol. The Balaban J connectivity index is 3.64. The third-order valence-electron chi connectivity index (χ3n) is 7.58. The zero-order valence-electron chi connectivity index (χ0n) is 29.3. The molecule has 0 aliphatic heterocycles. The van der Waals surface area contributed by atoms with E-state index in [1.807, 2.05) is 0 Å². The van der Waals surface area contributed by atoms with E-state index < -0.39 is 26.5 Å². The largest absolute Gasteiger partial charge is 0.472 e. The number of hydrogen-bond acceptors (Lipinski definition) is 7. The lowest BCUT2D eigenvalue weighted by molar-refractivity contribution is -0.147. The molecule has 0 aliphatic rings. The Morgan fingerprint density at radius 1 is 0.652 bits per heavy atom. The van der Waals surface area contributed by atoms with Crippen LogP contribution in [0.25, 0.3) is 0 Å². The van der Waals surface area contributed by atoms with Gasteiger partial charge in [0.05, 0.1) is 13.2 Å². The Bertz CT molecular complexity index is 820. The summed E-state index contributed by atoms with van der Waals surface area (Å²) in [7, 11) is -4.41. The summed E-state index contributed by atoms with van der Waals surface area (Å²) in [5.41, 5.74) is 0. The summed E-state index contributed by atoms with van der Waals surface area (Å²) < 4.78 is 26.7. The van der Waals surface area contributed by atoms with Gasteiger partial charge in [-0.3, -0.25) is 18.6 Å². The van der Waals surface area contributed by atoms with Crippen molar-refractivity contribution in [3.63, 3.8) is 0 Å². The van der Waals surface area contributed by atoms with Crippen LogP contribution < -0.4 is 5.32 Å². The maximum Gasteiger partial charge on any atom is 0.472 e. The molecule has 0 aliphatic carbocycles. The number of carbonyl (C=O) groups is 2. The van der Waals surface area contributed by atoms with E-state index in [0.717, 1.165) is 77.0 Å². The minimum Gasteiger partial charge on any atom is -0.463 e. The highest BCUT2D eigenvalue weighted by atomic mass is 31.2. The van der Waals surface area contributed by atoms with Crippen molar-refractivity contribution < 1.29 is 37.9 Å². The minimum atomic E-state index is -4.41. The second kappa shape index (κ2) is 33.4. The zero-order chi connectivity index (χ0) is 34.0. The average Bonchev–Trinajstić information content (AvgIpc) is 3.04. The van der Waals surface area contributed by atoms with Gasteiger partial charge in [0, 0.05) is 19.4 Å². The molecule has 2 atom stereocenters. The monoisotopic (exact) mass is 673 g/mol. The molecular weight excluding hydrogens is 605 g/mol. The third kappa shape index (κ3) is 33.8. The molecule has 0 bridgehead atoms. The number of unbranched alkanes of at least 4 members (excludes halogenated alkanes) is 17. The van der Waals surface area contributed by atoms with Crippen LogP contribution >= 0.6 is 7.82 Å². The molecule has 9 nitrogen and oxygen atoms in total. The number of nitrogens with one attached hydrogen (secondary N) is 1. The molecule has 0 saturated carbocycles. The predicted octanol–water partition coefficient (Wildman–Crippen LogP) is 9.26. The van der Waals surface area contributed by atoms with Crippen LogP contribution in [0.1, 0.15) is 162 Å². The molecular formula is C36H68NO8P. The van der Waals surface area contributed by atoms with Gasteiger partial charge in [-0.25, -0.2) is 4.57 Å². The number of amides is 1. The lowest BCUT2D eigenvalue weighted by atomic mass is 10.1. The Labute approximate surface area is 280 Å². The number of carbonyl (C=O) groups excluding carboxylic acids is 2. The number of aliphatic hydroxyl groups is 1. The summed E-state index contributed by atoms with van der Waals surface area (Å²) in [5.74, 6) is -0.537. The molecule has 2 unspecified atom stereocenters. The molecule has 1 amide bonds. The number of esters is 1. The Morgan fingerprint density at radius 3 is 1.72 bits per heavy atom. The van der Waals surface area contributed by atoms with Gasteiger partial charge in [0.1, 0.15) is 12.7 Å². The van der Waals surface area contributed by atoms with E-state index in [-0.39, 0.29) is 32.1 Å². The standard InChI is InChI=1S/C36H68NO8P/c1-3-5-7-9-11-13-15-16-17-18-19-20-22-24-26-28-35(39)37-30-31-44-46(41,42)45-33-34(38)32-43-36(40)29-27-25-23-21-14-12-10-8-6-4-2/h8,10,16-17,34,38H,3-7,9,11-15,18-33H2,1-2H3,(H,37,39)(H,41,42)/b10-8-,17-16-. The van der Waals surface area contributed by atoms with Crippen molar-refractivity contribution in [1.82, 2.24) is 5.32 Å². The number of hydrogen-bond donors (Lipinski definition) is 3. The number of aliphatic hydroxyl groups excluding tert-OH is 1.